The van der Waals surface area contributed by atoms with Gasteiger partial charge in [0.15, 0.2) is 0 Å². The van der Waals surface area contributed by atoms with Gasteiger partial charge < -0.3 is 20.3 Å². The average Bonchev–Trinajstić information content (AvgIpc) is 2.68. The van der Waals surface area contributed by atoms with Gasteiger partial charge in [0.2, 0.25) is 5.91 Å². The second kappa shape index (κ2) is 10.1. The number of carbonyl (C=O) groups is 3. The fraction of sp³-hybridized carbons (Fsp3) is 0.375. The molecule has 7 heteroatoms. The smallest absolute Gasteiger partial charge is 0.407 e. The molecule has 0 aliphatic heterocycles. The van der Waals surface area contributed by atoms with Gasteiger partial charge in [0.25, 0.3) is 5.91 Å². The largest absolute Gasteiger partial charge is 0.444 e. The molecule has 0 heterocycles. The lowest BCUT2D eigenvalue weighted by Gasteiger charge is -2.20. The minimum absolute atomic E-state index is 0.0613. The highest BCUT2D eigenvalue weighted by molar-refractivity contribution is 5.99. The van der Waals surface area contributed by atoms with Crippen molar-refractivity contribution in [2.45, 2.75) is 46.8 Å². The maximum atomic E-state index is 12.6. The third-order valence-corrected chi connectivity index (χ3v) is 4.64. The maximum Gasteiger partial charge on any atom is 0.407 e. The Kier molecular flexibility index (Phi) is 7.80. The average molecular weight is 426 g/mol. The lowest BCUT2D eigenvalue weighted by molar-refractivity contribution is -0.116. The van der Waals surface area contributed by atoms with Gasteiger partial charge >= 0.3 is 6.09 Å². The fourth-order valence-corrected chi connectivity index (χ4v) is 2.84. The van der Waals surface area contributed by atoms with Crippen LogP contribution in [0.3, 0.4) is 0 Å². The number of carbonyl (C=O) groups excluding carboxylic acids is 3. The molecular weight excluding hydrogens is 394 g/mol. The van der Waals surface area contributed by atoms with E-state index in [9.17, 15) is 14.4 Å². The molecular formula is C24H31N3O4. The van der Waals surface area contributed by atoms with Crippen LogP contribution < -0.4 is 10.6 Å². The van der Waals surface area contributed by atoms with Crippen molar-refractivity contribution in [3.8, 4) is 0 Å². The molecule has 3 amide bonds. The van der Waals surface area contributed by atoms with E-state index < -0.39 is 11.7 Å². The van der Waals surface area contributed by atoms with E-state index in [-0.39, 0.29) is 24.9 Å². The van der Waals surface area contributed by atoms with E-state index in [1.54, 1.807) is 52.1 Å². The van der Waals surface area contributed by atoms with Gasteiger partial charge in [-0.3, -0.25) is 9.59 Å². The van der Waals surface area contributed by atoms with Gasteiger partial charge in [-0.2, -0.15) is 0 Å². The molecule has 2 aromatic rings. The van der Waals surface area contributed by atoms with Gasteiger partial charge in [0, 0.05) is 24.8 Å². The monoisotopic (exact) mass is 425 g/mol. The second-order valence-corrected chi connectivity index (χ2v) is 8.51. The highest BCUT2D eigenvalue weighted by Crippen LogP contribution is 2.18. The zero-order valence-electron chi connectivity index (χ0n) is 19.0. The molecule has 0 bridgehead atoms. The van der Waals surface area contributed by atoms with Crippen LogP contribution in [0.1, 0.15) is 47.8 Å². The highest BCUT2D eigenvalue weighted by Gasteiger charge is 2.17. The summed E-state index contributed by atoms with van der Waals surface area (Å²) in [6.45, 7) is 9.54. The highest BCUT2D eigenvalue weighted by atomic mass is 16.6. The number of benzene rings is 2. The van der Waals surface area contributed by atoms with Crippen molar-refractivity contribution in [3.63, 3.8) is 0 Å². The molecule has 0 radical (unpaired) electrons. The SMILES string of the molecule is Cc1cccc(NC(=O)CN(C)C(=O)c2ccc(CNC(=O)OC(C)(C)C)cc2)c1C. The predicted octanol–water partition coefficient (Wildman–Crippen LogP) is 4.04. The summed E-state index contributed by atoms with van der Waals surface area (Å²) in [6, 6.07) is 12.6. The number of hydrogen-bond donors (Lipinski definition) is 2. The number of anilines is 1. The number of ether oxygens (including phenoxy) is 1. The zero-order chi connectivity index (χ0) is 23.2. The minimum atomic E-state index is -0.560. The molecule has 2 aromatic carbocycles. The number of alkyl carbamates (subject to hydrolysis) is 1. The van der Waals surface area contributed by atoms with Crippen molar-refractivity contribution in [1.82, 2.24) is 10.2 Å². The quantitative estimate of drug-likeness (QED) is 0.731. The number of nitrogens with one attached hydrogen (secondary N) is 2. The van der Waals surface area contributed by atoms with Gasteiger partial charge in [-0.05, 0) is 69.5 Å². The van der Waals surface area contributed by atoms with Crippen LogP contribution in [0.25, 0.3) is 0 Å². The summed E-state index contributed by atoms with van der Waals surface area (Å²) in [5.41, 5.74) is 3.56. The molecule has 0 aliphatic rings. The number of likely N-dealkylation sites (N-methyl/N-ethyl adjacent to an activating group) is 1. The molecule has 0 aliphatic carbocycles. The second-order valence-electron chi connectivity index (χ2n) is 8.51. The number of aryl methyl sites for hydroxylation is 1. The van der Waals surface area contributed by atoms with Crippen molar-refractivity contribution in [1.29, 1.82) is 0 Å². The Morgan fingerprint density at radius 2 is 1.65 bits per heavy atom. The molecule has 2 rings (SSSR count). The van der Waals surface area contributed by atoms with Crippen LogP contribution >= 0.6 is 0 Å². The summed E-state index contributed by atoms with van der Waals surface area (Å²) in [4.78, 5) is 38.1. The molecule has 166 valence electrons. The molecule has 0 aromatic heterocycles. The first-order chi connectivity index (χ1) is 14.5. The summed E-state index contributed by atoms with van der Waals surface area (Å²) in [5, 5.41) is 5.53. The van der Waals surface area contributed by atoms with Crippen molar-refractivity contribution in [2.24, 2.45) is 0 Å². The van der Waals surface area contributed by atoms with Crippen LogP contribution in [0.5, 0.6) is 0 Å². The molecule has 0 fully saturated rings. The first-order valence-corrected chi connectivity index (χ1v) is 10.1. The van der Waals surface area contributed by atoms with Crippen LogP contribution in [-0.4, -0.2) is 42.0 Å². The van der Waals surface area contributed by atoms with E-state index in [1.165, 1.54) is 4.90 Å². The Morgan fingerprint density at radius 1 is 1.00 bits per heavy atom. The molecule has 7 nitrogen and oxygen atoms in total. The third-order valence-electron chi connectivity index (χ3n) is 4.64. The van der Waals surface area contributed by atoms with E-state index >= 15 is 0 Å². The Balaban J connectivity index is 1.90. The number of hydrogen-bond acceptors (Lipinski definition) is 4. The van der Waals surface area contributed by atoms with Crippen molar-refractivity contribution < 1.29 is 19.1 Å². The summed E-state index contributed by atoms with van der Waals surface area (Å²) in [5.74, 6) is -0.523. The van der Waals surface area contributed by atoms with Crippen molar-refractivity contribution >= 4 is 23.6 Å². The first-order valence-electron chi connectivity index (χ1n) is 10.1. The van der Waals surface area contributed by atoms with Crippen LogP contribution in [0.2, 0.25) is 0 Å². The van der Waals surface area contributed by atoms with Crippen LogP contribution in [0.15, 0.2) is 42.5 Å². The van der Waals surface area contributed by atoms with E-state index in [0.717, 1.165) is 22.4 Å². The molecule has 0 saturated heterocycles. The Morgan fingerprint density at radius 3 is 2.26 bits per heavy atom. The van der Waals surface area contributed by atoms with E-state index in [2.05, 4.69) is 10.6 Å². The molecule has 0 atom stereocenters. The van der Waals surface area contributed by atoms with E-state index in [4.69, 9.17) is 4.74 Å². The van der Waals surface area contributed by atoms with Crippen LogP contribution in [-0.2, 0) is 16.1 Å². The van der Waals surface area contributed by atoms with Crippen LogP contribution in [0.4, 0.5) is 10.5 Å². The summed E-state index contributed by atoms with van der Waals surface area (Å²) < 4.78 is 5.20. The maximum absolute atomic E-state index is 12.6. The summed E-state index contributed by atoms with van der Waals surface area (Å²) >= 11 is 0. The van der Waals surface area contributed by atoms with E-state index in [0.29, 0.717) is 5.56 Å². The zero-order valence-corrected chi connectivity index (χ0v) is 19.0. The normalized spacial score (nSPS) is 10.9. The van der Waals surface area contributed by atoms with Crippen molar-refractivity contribution in [3.05, 3.63) is 64.7 Å². The van der Waals surface area contributed by atoms with Crippen LogP contribution in [0, 0.1) is 13.8 Å². The van der Waals surface area contributed by atoms with Gasteiger partial charge in [-0.25, -0.2) is 4.79 Å². The van der Waals surface area contributed by atoms with Crippen molar-refractivity contribution in [2.75, 3.05) is 18.9 Å². The standard InChI is InChI=1S/C24H31N3O4/c1-16-8-7-9-20(17(16)2)26-21(28)15-27(6)22(29)19-12-10-18(11-13-19)14-25-23(30)31-24(3,4)5/h7-13H,14-15H2,1-6H3,(H,25,30)(H,26,28). The summed E-state index contributed by atoms with van der Waals surface area (Å²) in [6.07, 6.45) is -0.498. The first kappa shape index (κ1) is 23.9. The Labute approximate surface area is 183 Å². The Hall–Kier alpha value is -3.35. The number of rotatable bonds is 6. The molecule has 0 spiro atoms. The Bertz CT molecular complexity index is 946. The van der Waals surface area contributed by atoms with Gasteiger partial charge in [-0.15, -0.1) is 0 Å². The third kappa shape index (κ3) is 7.44. The summed E-state index contributed by atoms with van der Waals surface area (Å²) in [7, 11) is 1.59. The number of nitrogens with zero attached hydrogens (tertiary/aromatic N) is 1. The molecule has 0 saturated carbocycles. The molecule has 2 N–H and O–H groups in total. The van der Waals surface area contributed by atoms with Gasteiger partial charge in [0.1, 0.15) is 5.60 Å². The topological polar surface area (TPSA) is 87.7 Å². The molecule has 0 unspecified atom stereocenters. The minimum Gasteiger partial charge on any atom is -0.444 e. The predicted molar refractivity (Wildman–Crippen MR) is 121 cm³/mol. The fourth-order valence-electron chi connectivity index (χ4n) is 2.84. The molecule has 31 heavy (non-hydrogen) atoms. The van der Waals surface area contributed by atoms with Gasteiger partial charge in [-0.1, -0.05) is 24.3 Å². The van der Waals surface area contributed by atoms with Gasteiger partial charge in [0.05, 0.1) is 6.54 Å². The lowest BCUT2D eigenvalue weighted by Crippen LogP contribution is -2.35. The van der Waals surface area contributed by atoms with E-state index in [1.807, 2.05) is 32.0 Å². The number of amides is 3. The lowest BCUT2D eigenvalue weighted by atomic mass is 10.1.